The fourth-order valence-electron chi connectivity index (χ4n) is 2.22. The standard InChI is InChI=1S/C17H14O3/c1-2-3-11-4-7-16-12(8-11)9-17(20-16)14-6-5-13(18)10-15(14)19/h2-10,18-19H,1H3/b3-2-. The van der Waals surface area contributed by atoms with Gasteiger partial charge in [0.05, 0.1) is 5.56 Å². The molecule has 2 aromatic carbocycles. The Morgan fingerprint density at radius 3 is 2.60 bits per heavy atom. The average molecular weight is 266 g/mol. The van der Waals surface area contributed by atoms with Crippen molar-refractivity contribution in [2.75, 3.05) is 0 Å². The summed E-state index contributed by atoms with van der Waals surface area (Å²) in [6.07, 6.45) is 4.00. The minimum atomic E-state index is -0.00210. The number of benzene rings is 2. The summed E-state index contributed by atoms with van der Waals surface area (Å²) in [6, 6.07) is 12.3. The molecule has 0 saturated carbocycles. The lowest BCUT2D eigenvalue weighted by Crippen LogP contribution is -1.75. The summed E-state index contributed by atoms with van der Waals surface area (Å²) in [4.78, 5) is 0. The van der Waals surface area contributed by atoms with Crippen molar-refractivity contribution in [3.8, 4) is 22.8 Å². The highest BCUT2D eigenvalue weighted by Crippen LogP contribution is 2.35. The lowest BCUT2D eigenvalue weighted by atomic mass is 10.1. The Morgan fingerprint density at radius 2 is 1.85 bits per heavy atom. The second-order valence-corrected chi connectivity index (χ2v) is 4.61. The van der Waals surface area contributed by atoms with E-state index in [-0.39, 0.29) is 11.5 Å². The summed E-state index contributed by atoms with van der Waals surface area (Å²) in [5.41, 5.74) is 2.43. The zero-order chi connectivity index (χ0) is 14.1. The van der Waals surface area contributed by atoms with Crippen LogP contribution in [0.25, 0.3) is 28.4 Å². The molecule has 0 saturated heterocycles. The van der Waals surface area contributed by atoms with Crippen molar-refractivity contribution in [2.24, 2.45) is 0 Å². The Bertz CT molecular complexity index is 797. The van der Waals surface area contributed by atoms with Gasteiger partial charge in [0.25, 0.3) is 0 Å². The van der Waals surface area contributed by atoms with Gasteiger partial charge in [-0.05, 0) is 42.8 Å². The number of rotatable bonds is 2. The molecule has 0 amide bonds. The van der Waals surface area contributed by atoms with Crippen LogP contribution in [0.5, 0.6) is 11.5 Å². The van der Waals surface area contributed by atoms with Crippen molar-refractivity contribution in [3.63, 3.8) is 0 Å². The van der Waals surface area contributed by atoms with Crippen LogP contribution in [0, 0.1) is 0 Å². The van der Waals surface area contributed by atoms with Gasteiger partial charge in [0.1, 0.15) is 22.8 Å². The van der Waals surface area contributed by atoms with E-state index in [9.17, 15) is 10.2 Å². The van der Waals surface area contributed by atoms with E-state index >= 15 is 0 Å². The molecule has 0 radical (unpaired) electrons. The van der Waals surface area contributed by atoms with Crippen LogP contribution in [-0.4, -0.2) is 10.2 Å². The highest BCUT2D eigenvalue weighted by atomic mass is 16.3. The molecule has 3 aromatic rings. The Morgan fingerprint density at radius 1 is 1.00 bits per heavy atom. The second-order valence-electron chi connectivity index (χ2n) is 4.61. The summed E-state index contributed by atoms with van der Waals surface area (Å²) in [5.74, 6) is 0.602. The van der Waals surface area contributed by atoms with E-state index < -0.39 is 0 Å². The van der Waals surface area contributed by atoms with Gasteiger partial charge < -0.3 is 14.6 Å². The van der Waals surface area contributed by atoms with Crippen molar-refractivity contribution in [1.29, 1.82) is 0 Å². The minimum Gasteiger partial charge on any atom is -0.508 e. The smallest absolute Gasteiger partial charge is 0.139 e. The zero-order valence-corrected chi connectivity index (χ0v) is 11.0. The Kier molecular flexibility index (Phi) is 2.95. The maximum absolute atomic E-state index is 9.88. The van der Waals surface area contributed by atoms with E-state index in [1.807, 2.05) is 43.3 Å². The molecule has 0 aliphatic rings. The first-order valence-corrected chi connectivity index (χ1v) is 6.36. The van der Waals surface area contributed by atoms with Gasteiger partial charge in [-0.2, -0.15) is 0 Å². The monoisotopic (exact) mass is 266 g/mol. The number of allylic oxidation sites excluding steroid dienone is 1. The first-order valence-electron chi connectivity index (χ1n) is 6.36. The number of furan rings is 1. The number of phenolic OH excluding ortho intramolecular Hbond substituents is 2. The van der Waals surface area contributed by atoms with E-state index in [1.54, 1.807) is 6.07 Å². The molecule has 1 aromatic heterocycles. The van der Waals surface area contributed by atoms with Crippen molar-refractivity contribution >= 4 is 17.0 Å². The molecular weight excluding hydrogens is 252 g/mol. The van der Waals surface area contributed by atoms with Crippen LogP contribution in [-0.2, 0) is 0 Å². The largest absolute Gasteiger partial charge is 0.508 e. The molecule has 0 atom stereocenters. The normalized spacial score (nSPS) is 11.4. The summed E-state index contributed by atoms with van der Waals surface area (Å²) in [6.45, 7) is 1.97. The minimum absolute atomic E-state index is 0.00210. The highest BCUT2D eigenvalue weighted by molar-refractivity contribution is 5.86. The summed E-state index contributed by atoms with van der Waals surface area (Å²) in [5, 5.41) is 20.2. The van der Waals surface area contributed by atoms with Crippen molar-refractivity contribution < 1.29 is 14.6 Å². The molecule has 1 heterocycles. The van der Waals surface area contributed by atoms with E-state index in [2.05, 4.69) is 0 Å². The third-order valence-electron chi connectivity index (χ3n) is 3.15. The first kappa shape index (κ1) is 12.4. The molecule has 100 valence electrons. The Balaban J connectivity index is 2.12. The third kappa shape index (κ3) is 2.14. The van der Waals surface area contributed by atoms with E-state index in [1.165, 1.54) is 12.1 Å². The van der Waals surface area contributed by atoms with Crippen LogP contribution >= 0.6 is 0 Å². The van der Waals surface area contributed by atoms with Crippen molar-refractivity contribution in [1.82, 2.24) is 0 Å². The summed E-state index contributed by atoms with van der Waals surface area (Å²) in [7, 11) is 0. The molecule has 0 fully saturated rings. The molecule has 0 spiro atoms. The Hall–Kier alpha value is -2.68. The van der Waals surface area contributed by atoms with Crippen molar-refractivity contribution in [2.45, 2.75) is 6.92 Å². The van der Waals surface area contributed by atoms with Crippen LogP contribution in [0.4, 0.5) is 0 Å². The first-order chi connectivity index (χ1) is 9.67. The predicted octanol–water partition coefficient (Wildman–Crippen LogP) is 4.54. The molecule has 3 nitrogen and oxygen atoms in total. The number of fused-ring (bicyclic) bond motifs is 1. The van der Waals surface area contributed by atoms with Gasteiger partial charge in [0, 0.05) is 11.5 Å². The van der Waals surface area contributed by atoms with Crippen LogP contribution in [0.1, 0.15) is 12.5 Å². The molecule has 3 heteroatoms. The zero-order valence-electron chi connectivity index (χ0n) is 11.0. The van der Waals surface area contributed by atoms with Gasteiger partial charge in [0.15, 0.2) is 0 Å². The molecule has 0 unspecified atom stereocenters. The van der Waals surface area contributed by atoms with Gasteiger partial charge in [-0.15, -0.1) is 0 Å². The van der Waals surface area contributed by atoms with Gasteiger partial charge in [-0.25, -0.2) is 0 Å². The molecule has 2 N–H and O–H groups in total. The number of hydrogen-bond donors (Lipinski definition) is 2. The van der Waals surface area contributed by atoms with Gasteiger partial charge in [-0.3, -0.25) is 0 Å². The fraction of sp³-hybridized carbons (Fsp3) is 0.0588. The summed E-state index contributed by atoms with van der Waals surface area (Å²) < 4.78 is 5.74. The lowest BCUT2D eigenvalue weighted by molar-refractivity contribution is 0.450. The molecule has 0 bridgehead atoms. The van der Waals surface area contributed by atoms with Crippen LogP contribution < -0.4 is 0 Å². The number of hydrogen-bond acceptors (Lipinski definition) is 3. The van der Waals surface area contributed by atoms with Crippen LogP contribution in [0.15, 0.2) is 53.0 Å². The average Bonchev–Trinajstić information content (AvgIpc) is 2.81. The van der Waals surface area contributed by atoms with E-state index in [0.717, 1.165) is 16.5 Å². The molecule has 20 heavy (non-hydrogen) atoms. The van der Waals surface area contributed by atoms with Crippen LogP contribution in [0.3, 0.4) is 0 Å². The van der Waals surface area contributed by atoms with Gasteiger partial charge >= 0.3 is 0 Å². The third-order valence-corrected chi connectivity index (χ3v) is 3.15. The van der Waals surface area contributed by atoms with Crippen LogP contribution in [0.2, 0.25) is 0 Å². The predicted molar refractivity (Wildman–Crippen MR) is 79.7 cm³/mol. The van der Waals surface area contributed by atoms with E-state index in [4.69, 9.17) is 4.42 Å². The molecule has 0 aliphatic carbocycles. The summed E-state index contributed by atoms with van der Waals surface area (Å²) >= 11 is 0. The second kappa shape index (κ2) is 4.78. The SMILES string of the molecule is C/C=C\c1ccc2oc(-c3ccc(O)cc3O)cc2c1. The molecule has 0 aliphatic heterocycles. The lowest BCUT2D eigenvalue weighted by Gasteiger charge is -2.00. The highest BCUT2D eigenvalue weighted by Gasteiger charge is 2.11. The number of phenols is 2. The maximum Gasteiger partial charge on any atom is 0.139 e. The van der Waals surface area contributed by atoms with E-state index in [0.29, 0.717) is 11.3 Å². The molecule has 3 rings (SSSR count). The Labute approximate surface area is 116 Å². The fourth-order valence-corrected chi connectivity index (χ4v) is 2.22. The maximum atomic E-state index is 9.88. The van der Waals surface area contributed by atoms with Gasteiger partial charge in [-0.1, -0.05) is 18.2 Å². The molecular formula is C17H14O3. The van der Waals surface area contributed by atoms with Gasteiger partial charge in [0.2, 0.25) is 0 Å². The number of aromatic hydroxyl groups is 2. The van der Waals surface area contributed by atoms with Crippen molar-refractivity contribution in [3.05, 3.63) is 54.1 Å². The quantitative estimate of drug-likeness (QED) is 0.715. The topological polar surface area (TPSA) is 53.6 Å².